The van der Waals surface area contributed by atoms with E-state index in [0.29, 0.717) is 0 Å². The van der Waals surface area contributed by atoms with Gasteiger partial charge in [-0.15, -0.1) is 0 Å². The number of carbonyl (C=O) groups excluding carboxylic acids is 2. The van der Waals surface area contributed by atoms with E-state index in [4.69, 9.17) is 5.11 Å². The maximum absolute atomic E-state index is 11.5. The fourth-order valence-electron chi connectivity index (χ4n) is 1.44. The summed E-state index contributed by atoms with van der Waals surface area (Å²) in [5, 5.41) is 15.6. The molecule has 0 heterocycles. The summed E-state index contributed by atoms with van der Waals surface area (Å²) in [5.41, 5.74) is -0.337. The highest BCUT2D eigenvalue weighted by molar-refractivity contribution is 5.86. The third kappa shape index (κ3) is 8.37. The SMILES string of the molecule is CCCC(C)(C)NC(=O)NCC(=O)NCC(=O)O. The number of rotatable bonds is 7. The molecule has 0 aliphatic carbocycles. The van der Waals surface area contributed by atoms with Crippen LogP contribution >= 0.6 is 0 Å². The van der Waals surface area contributed by atoms with Crippen molar-refractivity contribution in [3.8, 4) is 0 Å². The minimum absolute atomic E-state index is 0.249. The summed E-state index contributed by atoms with van der Waals surface area (Å²) >= 11 is 0. The Labute approximate surface area is 106 Å². The van der Waals surface area contributed by atoms with Gasteiger partial charge in [-0.2, -0.15) is 0 Å². The number of hydrogen-bond donors (Lipinski definition) is 4. The van der Waals surface area contributed by atoms with Gasteiger partial charge in [0.25, 0.3) is 0 Å². The van der Waals surface area contributed by atoms with Crippen molar-refractivity contribution in [1.82, 2.24) is 16.0 Å². The molecule has 0 radical (unpaired) electrons. The number of carboxylic acids is 1. The minimum atomic E-state index is -1.13. The zero-order chi connectivity index (χ0) is 14.2. The summed E-state index contributed by atoms with van der Waals surface area (Å²) in [6.45, 7) is 5.09. The summed E-state index contributed by atoms with van der Waals surface area (Å²) in [6.07, 6.45) is 1.76. The van der Waals surface area contributed by atoms with Crippen molar-refractivity contribution < 1.29 is 19.5 Å². The van der Waals surface area contributed by atoms with E-state index in [9.17, 15) is 14.4 Å². The van der Waals surface area contributed by atoms with E-state index in [-0.39, 0.29) is 12.1 Å². The van der Waals surface area contributed by atoms with Gasteiger partial charge in [0.1, 0.15) is 6.54 Å². The Bertz CT molecular complexity index is 315. The molecule has 0 aliphatic heterocycles. The summed E-state index contributed by atoms with van der Waals surface area (Å²) in [7, 11) is 0. The first-order chi connectivity index (χ1) is 8.26. The van der Waals surface area contributed by atoms with Gasteiger partial charge in [0.2, 0.25) is 5.91 Å². The Morgan fingerprint density at radius 3 is 2.22 bits per heavy atom. The molecule has 0 saturated heterocycles. The van der Waals surface area contributed by atoms with Crippen molar-refractivity contribution >= 4 is 17.9 Å². The first kappa shape index (κ1) is 16.2. The molecule has 4 N–H and O–H groups in total. The topological polar surface area (TPSA) is 108 Å². The third-order valence-electron chi connectivity index (χ3n) is 2.17. The zero-order valence-electron chi connectivity index (χ0n) is 11.0. The Balaban J connectivity index is 3.89. The lowest BCUT2D eigenvalue weighted by Crippen LogP contribution is -2.50. The predicted octanol–water partition coefficient (Wildman–Crippen LogP) is 0.0651. The highest BCUT2D eigenvalue weighted by Gasteiger charge is 2.19. The second kappa shape index (κ2) is 7.52. The molecule has 0 fully saturated rings. The normalized spacial score (nSPS) is 10.6. The van der Waals surface area contributed by atoms with Crippen LogP contribution in [0.2, 0.25) is 0 Å². The van der Waals surface area contributed by atoms with E-state index in [0.717, 1.165) is 12.8 Å². The van der Waals surface area contributed by atoms with E-state index >= 15 is 0 Å². The molecule has 7 nitrogen and oxygen atoms in total. The molecule has 18 heavy (non-hydrogen) atoms. The number of hydrogen-bond acceptors (Lipinski definition) is 3. The molecule has 0 unspecified atom stereocenters. The molecule has 104 valence electrons. The lowest BCUT2D eigenvalue weighted by atomic mass is 9.99. The molecular formula is C11H21N3O4. The van der Waals surface area contributed by atoms with Crippen LogP contribution in [0.15, 0.2) is 0 Å². The molecule has 0 aromatic carbocycles. The molecular weight excluding hydrogens is 238 g/mol. The molecule has 3 amide bonds. The van der Waals surface area contributed by atoms with E-state index in [1.807, 2.05) is 20.8 Å². The number of amides is 3. The van der Waals surface area contributed by atoms with Crippen LogP contribution in [0.3, 0.4) is 0 Å². The van der Waals surface area contributed by atoms with Crippen LogP contribution in [0.1, 0.15) is 33.6 Å². The molecule has 0 spiro atoms. The van der Waals surface area contributed by atoms with Crippen molar-refractivity contribution in [1.29, 1.82) is 0 Å². The summed E-state index contributed by atoms with van der Waals surface area (Å²) < 4.78 is 0. The predicted molar refractivity (Wildman–Crippen MR) is 66.2 cm³/mol. The van der Waals surface area contributed by atoms with Crippen LogP contribution in [0.25, 0.3) is 0 Å². The molecule has 0 aromatic heterocycles. The molecule has 0 saturated carbocycles. The van der Waals surface area contributed by atoms with Crippen molar-refractivity contribution in [2.24, 2.45) is 0 Å². The number of carbonyl (C=O) groups is 3. The summed E-state index contributed by atoms with van der Waals surface area (Å²) in [6, 6.07) is -0.445. The van der Waals surface area contributed by atoms with Crippen molar-refractivity contribution in [2.45, 2.75) is 39.2 Å². The quantitative estimate of drug-likeness (QED) is 0.518. The van der Waals surface area contributed by atoms with Crippen LogP contribution in [0, 0.1) is 0 Å². The summed E-state index contributed by atoms with van der Waals surface area (Å²) in [5.74, 6) is -1.67. The lowest BCUT2D eigenvalue weighted by Gasteiger charge is -2.25. The maximum Gasteiger partial charge on any atom is 0.322 e. The first-order valence-electron chi connectivity index (χ1n) is 5.81. The Morgan fingerprint density at radius 1 is 1.11 bits per heavy atom. The first-order valence-corrected chi connectivity index (χ1v) is 5.81. The summed E-state index contributed by atoms with van der Waals surface area (Å²) in [4.78, 5) is 32.8. The highest BCUT2D eigenvalue weighted by Crippen LogP contribution is 2.09. The average molecular weight is 259 g/mol. The molecule has 7 heteroatoms. The minimum Gasteiger partial charge on any atom is -0.480 e. The second-order valence-corrected chi connectivity index (χ2v) is 4.61. The van der Waals surface area contributed by atoms with Gasteiger partial charge >= 0.3 is 12.0 Å². The van der Waals surface area contributed by atoms with Crippen molar-refractivity contribution in [3.63, 3.8) is 0 Å². The zero-order valence-corrected chi connectivity index (χ0v) is 11.0. The van der Waals surface area contributed by atoms with Crippen LogP contribution in [-0.4, -0.2) is 41.6 Å². The van der Waals surface area contributed by atoms with E-state index in [2.05, 4.69) is 16.0 Å². The van der Waals surface area contributed by atoms with Gasteiger partial charge < -0.3 is 21.1 Å². The van der Waals surface area contributed by atoms with Crippen LogP contribution in [0.4, 0.5) is 4.79 Å². The lowest BCUT2D eigenvalue weighted by molar-refractivity contribution is -0.137. The number of urea groups is 1. The number of aliphatic carboxylic acids is 1. The van der Waals surface area contributed by atoms with E-state index in [1.54, 1.807) is 0 Å². The van der Waals surface area contributed by atoms with Gasteiger partial charge in [0.05, 0.1) is 6.54 Å². The highest BCUT2D eigenvalue weighted by atomic mass is 16.4. The maximum atomic E-state index is 11.5. The Morgan fingerprint density at radius 2 is 1.72 bits per heavy atom. The molecule has 0 rings (SSSR count). The number of nitrogens with one attached hydrogen (secondary N) is 3. The van der Waals surface area contributed by atoms with Crippen LogP contribution < -0.4 is 16.0 Å². The van der Waals surface area contributed by atoms with Gasteiger partial charge in [-0.3, -0.25) is 9.59 Å². The molecule has 0 bridgehead atoms. The van der Waals surface area contributed by atoms with Gasteiger partial charge in [0, 0.05) is 5.54 Å². The standard InChI is InChI=1S/C11H21N3O4/c1-4-5-11(2,3)14-10(18)13-6-8(15)12-7-9(16)17/h4-7H2,1-3H3,(H,12,15)(H,16,17)(H2,13,14,18). The smallest absolute Gasteiger partial charge is 0.322 e. The number of carboxylic acid groups (broad SMARTS) is 1. The van der Waals surface area contributed by atoms with Crippen molar-refractivity contribution in [3.05, 3.63) is 0 Å². The van der Waals surface area contributed by atoms with Crippen LogP contribution in [0.5, 0.6) is 0 Å². The van der Waals surface area contributed by atoms with Gasteiger partial charge in [-0.05, 0) is 20.3 Å². The monoisotopic (exact) mass is 259 g/mol. The van der Waals surface area contributed by atoms with E-state index in [1.165, 1.54) is 0 Å². The fraction of sp³-hybridized carbons (Fsp3) is 0.727. The third-order valence-corrected chi connectivity index (χ3v) is 2.17. The van der Waals surface area contributed by atoms with Gasteiger partial charge in [-0.1, -0.05) is 13.3 Å². The largest absolute Gasteiger partial charge is 0.480 e. The second-order valence-electron chi connectivity index (χ2n) is 4.61. The van der Waals surface area contributed by atoms with Gasteiger partial charge in [0.15, 0.2) is 0 Å². The molecule has 0 atom stereocenters. The Hall–Kier alpha value is -1.79. The average Bonchev–Trinajstić information content (AvgIpc) is 2.22. The van der Waals surface area contributed by atoms with Crippen LogP contribution in [-0.2, 0) is 9.59 Å². The molecule has 0 aromatic rings. The van der Waals surface area contributed by atoms with E-state index < -0.39 is 24.5 Å². The van der Waals surface area contributed by atoms with Gasteiger partial charge in [-0.25, -0.2) is 4.79 Å². The molecule has 0 aliphatic rings. The van der Waals surface area contributed by atoms with Crippen molar-refractivity contribution in [2.75, 3.05) is 13.1 Å². The fourth-order valence-corrected chi connectivity index (χ4v) is 1.44. The Kier molecular flexibility index (Phi) is 6.77.